The fourth-order valence-electron chi connectivity index (χ4n) is 2.19. The Labute approximate surface area is 109 Å². The molecule has 1 aromatic carbocycles. The number of benzene rings is 1. The highest BCUT2D eigenvalue weighted by molar-refractivity contribution is 5.20. The Balaban J connectivity index is 1.90. The maximum absolute atomic E-state index is 6.28. The molecule has 1 aromatic heterocycles. The summed E-state index contributed by atoms with van der Waals surface area (Å²) in [6, 6.07) is 10.7. The van der Waals surface area contributed by atoms with Crippen LogP contribution in [-0.2, 0) is 13.5 Å². The van der Waals surface area contributed by atoms with Crippen molar-refractivity contribution in [1.82, 2.24) is 9.78 Å². The van der Waals surface area contributed by atoms with Crippen LogP contribution in [0.2, 0.25) is 0 Å². The molecule has 0 bridgehead atoms. The average Bonchev–Trinajstić information content (AvgIpc) is 2.82. The third-order valence-electron chi connectivity index (χ3n) is 3.49. The Morgan fingerprint density at radius 2 is 2.00 bits per heavy atom. The van der Waals surface area contributed by atoms with Gasteiger partial charge in [0.2, 0.25) is 0 Å². The van der Waals surface area contributed by atoms with E-state index in [4.69, 9.17) is 5.73 Å². The lowest BCUT2D eigenvalue weighted by Crippen LogP contribution is -2.27. The number of hydrogen-bond donors (Lipinski definition) is 1. The quantitative estimate of drug-likeness (QED) is 0.876. The Morgan fingerprint density at radius 1 is 1.28 bits per heavy atom. The van der Waals surface area contributed by atoms with Gasteiger partial charge in [-0.2, -0.15) is 5.10 Å². The molecule has 0 aliphatic rings. The second-order valence-corrected chi connectivity index (χ2v) is 4.92. The van der Waals surface area contributed by atoms with E-state index in [9.17, 15) is 0 Å². The van der Waals surface area contributed by atoms with E-state index in [2.05, 4.69) is 42.5 Å². The van der Waals surface area contributed by atoms with Gasteiger partial charge in [-0.3, -0.25) is 4.68 Å². The summed E-state index contributed by atoms with van der Waals surface area (Å²) in [6.45, 7) is 2.20. The third kappa shape index (κ3) is 3.20. The van der Waals surface area contributed by atoms with Gasteiger partial charge in [-0.25, -0.2) is 0 Å². The minimum absolute atomic E-state index is 0.188. The minimum atomic E-state index is 0.188. The van der Waals surface area contributed by atoms with Gasteiger partial charge in [0.15, 0.2) is 0 Å². The molecule has 1 heterocycles. The van der Waals surface area contributed by atoms with Gasteiger partial charge in [-0.1, -0.05) is 37.3 Å². The van der Waals surface area contributed by atoms with Crippen molar-refractivity contribution in [3.05, 3.63) is 53.9 Å². The molecule has 0 fully saturated rings. The molecule has 0 radical (unpaired) electrons. The van der Waals surface area contributed by atoms with Crippen molar-refractivity contribution in [2.75, 3.05) is 0 Å². The van der Waals surface area contributed by atoms with Crippen molar-refractivity contribution in [3.63, 3.8) is 0 Å². The van der Waals surface area contributed by atoms with E-state index in [1.165, 1.54) is 11.1 Å². The van der Waals surface area contributed by atoms with E-state index < -0.39 is 0 Å². The van der Waals surface area contributed by atoms with E-state index in [0.29, 0.717) is 5.92 Å². The number of rotatable bonds is 5. The first-order valence-corrected chi connectivity index (χ1v) is 6.45. The standard InChI is InChI=1S/C15H21N3/c1-12(14-6-4-3-5-7-14)15(16)9-8-13-10-17-18(2)11-13/h3-7,10-12,15H,8-9,16H2,1-2H3. The molecule has 3 nitrogen and oxygen atoms in total. The molecule has 0 aliphatic carbocycles. The normalized spacial score (nSPS) is 14.4. The van der Waals surface area contributed by atoms with Gasteiger partial charge in [0.1, 0.15) is 0 Å². The summed E-state index contributed by atoms with van der Waals surface area (Å²) in [4.78, 5) is 0. The van der Waals surface area contributed by atoms with Gasteiger partial charge in [-0.15, -0.1) is 0 Å². The van der Waals surface area contributed by atoms with Crippen LogP contribution in [0.5, 0.6) is 0 Å². The van der Waals surface area contributed by atoms with Crippen LogP contribution in [0.25, 0.3) is 0 Å². The summed E-state index contributed by atoms with van der Waals surface area (Å²) in [5, 5.41) is 4.17. The largest absolute Gasteiger partial charge is 0.327 e. The molecule has 0 amide bonds. The van der Waals surface area contributed by atoms with Crippen LogP contribution in [0, 0.1) is 0 Å². The summed E-state index contributed by atoms with van der Waals surface area (Å²) in [7, 11) is 1.94. The first-order valence-electron chi connectivity index (χ1n) is 6.45. The maximum atomic E-state index is 6.28. The molecule has 2 rings (SSSR count). The van der Waals surface area contributed by atoms with Crippen LogP contribution >= 0.6 is 0 Å². The second-order valence-electron chi connectivity index (χ2n) is 4.92. The zero-order chi connectivity index (χ0) is 13.0. The average molecular weight is 243 g/mol. The number of aryl methyl sites for hydroxylation is 2. The lowest BCUT2D eigenvalue weighted by molar-refractivity contribution is 0.528. The van der Waals surface area contributed by atoms with Gasteiger partial charge < -0.3 is 5.73 Å². The topological polar surface area (TPSA) is 43.8 Å². The summed E-state index contributed by atoms with van der Waals surface area (Å²) in [6.07, 6.45) is 5.95. The lowest BCUT2D eigenvalue weighted by atomic mass is 9.90. The molecule has 0 saturated heterocycles. The minimum Gasteiger partial charge on any atom is -0.327 e. The fourth-order valence-corrected chi connectivity index (χ4v) is 2.19. The van der Waals surface area contributed by atoms with Crippen molar-refractivity contribution < 1.29 is 0 Å². The SMILES string of the molecule is CC(c1ccccc1)C(N)CCc1cnn(C)c1. The number of hydrogen-bond acceptors (Lipinski definition) is 2. The van der Waals surface area contributed by atoms with Gasteiger partial charge in [0.25, 0.3) is 0 Å². The highest BCUT2D eigenvalue weighted by Gasteiger charge is 2.14. The van der Waals surface area contributed by atoms with Crippen LogP contribution in [0.3, 0.4) is 0 Å². The zero-order valence-electron chi connectivity index (χ0n) is 11.1. The molecule has 2 atom stereocenters. The highest BCUT2D eigenvalue weighted by Crippen LogP contribution is 2.20. The smallest absolute Gasteiger partial charge is 0.0521 e. The fraction of sp³-hybridized carbons (Fsp3) is 0.400. The molecule has 2 N–H and O–H groups in total. The Hall–Kier alpha value is -1.61. The molecule has 2 aromatic rings. The van der Waals surface area contributed by atoms with Crippen LogP contribution < -0.4 is 5.73 Å². The summed E-state index contributed by atoms with van der Waals surface area (Å²) >= 11 is 0. The molecule has 0 saturated carbocycles. The Kier molecular flexibility index (Phi) is 4.15. The first kappa shape index (κ1) is 12.8. The van der Waals surface area contributed by atoms with E-state index in [0.717, 1.165) is 12.8 Å². The second kappa shape index (κ2) is 5.83. The zero-order valence-corrected chi connectivity index (χ0v) is 11.1. The van der Waals surface area contributed by atoms with Crippen molar-refractivity contribution >= 4 is 0 Å². The van der Waals surface area contributed by atoms with Gasteiger partial charge >= 0.3 is 0 Å². The van der Waals surface area contributed by atoms with Crippen LogP contribution in [-0.4, -0.2) is 15.8 Å². The van der Waals surface area contributed by atoms with Crippen molar-refractivity contribution in [3.8, 4) is 0 Å². The van der Waals surface area contributed by atoms with Crippen LogP contribution in [0.1, 0.15) is 30.4 Å². The van der Waals surface area contributed by atoms with Crippen molar-refractivity contribution in [1.29, 1.82) is 0 Å². The summed E-state index contributed by atoms with van der Waals surface area (Å²) in [5.41, 5.74) is 8.85. The number of aromatic nitrogens is 2. The molecular weight excluding hydrogens is 222 g/mol. The predicted octanol–water partition coefficient (Wildman–Crippen LogP) is 2.48. The molecule has 0 aliphatic heterocycles. The molecule has 3 heteroatoms. The number of nitrogens with two attached hydrogens (primary N) is 1. The van der Waals surface area contributed by atoms with Gasteiger partial charge in [0.05, 0.1) is 6.20 Å². The molecule has 96 valence electrons. The lowest BCUT2D eigenvalue weighted by Gasteiger charge is -2.20. The van der Waals surface area contributed by atoms with Crippen molar-refractivity contribution in [2.24, 2.45) is 12.8 Å². The number of nitrogens with zero attached hydrogens (tertiary/aromatic N) is 2. The van der Waals surface area contributed by atoms with E-state index in [-0.39, 0.29) is 6.04 Å². The molecular formula is C15H21N3. The predicted molar refractivity (Wildman–Crippen MR) is 74.4 cm³/mol. The van der Waals surface area contributed by atoms with E-state index >= 15 is 0 Å². The molecule has 2 unspecified atom stereocenters. The summed E-state index contributed by atoms with van der Waals surface area (Å²) in [5.74, 6) is 0.392. The van der Waals surface area contributed by atoms with Crippen LogP contribution in [0.15, 0.2) is 42.7 Å². The van der Waals surface area contributed by atoms with E-state index in [1.54, 1.807) is 0 Å². The third-order valence-corrected chi connectivity index (χ3v) is 3.49. The van der Waals surface area contributed by atoms with Gasteiger partial charge in [0, 0.05) is 19.3 Å². The molecule has 0 spiro atoms. The Bertz CT molecular complexity index is 475. The van der Waals surface area contributed by atoms with Crippen molar-refractivity contribution in [2.45, 2.75) is 31.7 Å². The Morgan fingerprint density at radius 3 is 2.61 bits per heavy atom. The van der Waals surface area contributed by atoms with Crippen LogP contribution in [0.4, 0.5) is 0 Å². The first-order chi connectivity index (χ1) is 8.66. The highest BCUT2D eigenvalue weighted by atomic mass is 15.2. The maximum Gasteiger partial charge on any atom is 0.0521 e. The van der Waals surface area contributed by atoms with Gasteiger partial charge in [-0.05, 0) is 29.9 Å². The molecule has 18 heavy (non-hydrogen) atoms. The summed E-state index contributed by atoms with van der Waals surface area (Å²) < 4.78 is 1.83. The van der Waals surface area contributed by atoms with E-state index in [1.807, 2.05) is 24.0 Å². The monoisotopic (exact) mass is 243 g/mol.